The Bertz CT molecular complexity index is 841. The van der Waals surface area contributed by atoms with Gasteiger partial charge in [0.1, 0.15) is 5.75 Å². The Labute approximate surface area is 169 Å². The van der Waals surface area contributed by atoms with Gasteiger partial charge in [0.25, 0.3) is 5.91 Å². The molecule has 1 atom stereocenters. The van der Waals surface area contributed by atoms with Gasteiger partial charge in [-0.2, -0.15) is 0 Å². The highest BCUT2D eigenvalue weighted by molar-refractivity contribution is 5.98. The molecular weight excluding hydrogens is 378 g/mol. The van der Waals surface area contributed by atoms with Crippen molar-refractivity contribution in [1.82, 2.24) is 0 Å². The van der Waals surface area contributed by atoms with E-state index in [1.54, 1.807) is 24.3 Å². The van der Waals surface area contributed by atoms with E-state index in [-0.39, 0.29) is 5.56 Å². The largest absolute Gasteiger partial charge is 0.493 e. The van der Waals surface area contributed by atoms with Gasteiger partial charge in [0, 0.05) is 0 Å². The third-order valence-electron chi connectivity index (χ3n) is 4.00. The van der Waals surface area contributed by atoms with Crippen molar-refractivity contribution in [3.63, 3.8) is 0 Å². The van der Waals surface area contributed by atoms with Crippen LogP contribution in [0, 0.1) is 0 Å². The molecule has 29 heavy (non-hydrogen) atoms. The van der Waals surface area contributed by atoms with Gasteiger partial charge in [0.15, 0.2) is 17.6 Å². The Hall–Kier alpha value is -3.42. The van der Waals surface area contributed by atoms with E-state index in [0.29, 0.717) is 35.3 Å². The third kappa shape index (κ3) is 5.31. The van der Waals surface area contributed by atoms with Crippen molar-refractivity contribution < 1.29 is 33.3 Å². The number of carbonyl (C=O) groups is 2. The molecule has 0 fully saturated rings. The zero-order valence-corrected chi connectivity index (χ0v) is 17.1. The lowest BCUT2D eigenvalue weighted by atomic mass is 10.2. The van der Waals surface area contributed by atoms with E-state index in [1.165, 1.54) is 40.4 Å². The number of nitrogens with one attached hydrogen (secondary N) is 1. The second-order valence-electron chi connectivity index (χ2n) is 5.88. The molecule has 0 aromatic heterocycles. The van der Waals surface area contributed by atoms with E-state index in [4.69, 9.17) is 23.7 Å². The van der Waals surface area contributed by atoms with Gasteiger partial charge >= 0.3 is 5.97 Å². The van der Waals surface area contributed by atoms with Crippen LogP contribution in [0.15, 0.2) is 36.4 Å². The number of hydrogen-bond donors (Lipinski definition) is 1. The van der Waals surface area contributed by atoms with Crippen molar-refractivity contribution in [3.05, 3.63) is 42.0 Å². The minimum absolute atomic E-state index is 0.161. The molecule has 0 spiro atoms. The van der Waals surface area contributed by atoms with Crippen LogP contribution in [0.5, 0.6) is 23.0 Å². The lowest BCUT2D eigenvalue weighted by Gasteiger charge is -2.17. The highest BCUT2D eigenvalue weighted by atomic mass is 16.6. The number of ether oxygens (including phenoxy) is 5. The van der Waals surface area contributed by atoms with Crippen molar-refractivity contribution in [2.45, 2.75) is 20.0 Å². The number of anilines is 1. The van der Waals surface area contributed by atoms with Gasteiger partial charge in [-0.1, -0.05) is 12.1 Å². The second-order valence-corrected chi connectivity index (χ2v) is 5.88. The van der Waals surface area contributed by atoms with E-state index >= 15 is 0 Å². The van der Waals surface area contributed by atoms with E-state index in [9.17, 15) is 9.59 Å². The molecule has 0 bridgehead atoms. The van der Waals surface area contributed by atoms with Gasteiger partial charge in [0.2, 0.25) is 5.75 Å². The first-order valence-corrected chi connectivity index (χ1v) is 8.98. The topological polar surface area (TPSA) is 92.3 Å². The van der Waals surface area contributed by atoms with Gasteiger partial charge in [-0.3, -0.25) is 4.79 Å². The predicted octanol–water partition coefficient (Wildman–Crippen LogP) is 3.30. The van der Waals surface area contributed by atoms with Crippen LogP contribution >= 0.6 is 0 Å². The van der Waals surface area contributed by atoms with Crippen LogP contribution in [0.2, 0.25) is 0 Å². The fourth-order valence-corrected chi connectivity index (χ4v) is 2.57. The molecule has 156 valence electrons. The van der Waals surface area contributed by atoms with E-state index in [1.807, 2.05) is 6.92 Å². The van der Waals surface area contributed by atoms with Crippen molar-refractivity contribution in [3.8, 4) is 23.0 Å². The highest BCUT2D eigenvalue weighted by Crippen LogP contribution is 2.38. The summed E-state index contributed by atoms with van der Waals surface area (Å²) in [5, 5.41) is 2.70. The molecule has 8 heteroatoms. The molecule has 2 aromatic rings. The summed E-state index contributed by atoms with van der Waals surface area (Å²) in [6.07, 6.45) is -1.05. The lowest BCUT2D eigenvalue weighted by Crippen LogP contribution is -2.30. The number of amides is 1. The molecule has 2 aromatic carbocycles. The van der Waals surface area contributed by atoms with E-state index < -0.39 is 18.0 Å². The van der Waals surface area contributed by atoms with Gasteiger partial charge in [-0.25, -0.2) is 4.79 Å². The zero-order valence-electron chi connectivity index (χ0n) is 17.1. The van der Waals surface area contributed by atoms with Crippen LogP contribution in [0.3, 0.4) is 0 Å². The summed E-state index contributed by atoms with van der Waals surface area (Å²) in [7, 11) is 4.35. The van der Waals surface area contributed by atoms with Crippen LogP contribution in [0.25, 0.3) is 0 Å². The molecule has 0 saturated carbocycles. The van der Waals surface area contributed by atoms with Gasteiger partial charge in [-0.05, 0) is 38.1 Å². The maximum absolute atomic E-state index is 12.5. The molecule has 0 aliphatic carbocycles. The smallest absolute Gasteiger partial charge is 0.339 e. The van der Waals surface area contributed by atoms with Crippen LogP contribution in [-0.2, 0) is 9.53 Å². The summed E-state index contributed by atoms with van der Waals surface area (Å²) in [4.78, 5) is 25.0. The monoisotopic (exact) mass is 403 g/mol. The molecule has 0 aliphatic heterocycles. The third-order valence-corrected chi connectivity index (χ3v) is 4.00. The lowest BCUT2D eigenvalue weighted by molar-refractivity contribution is -0.123. The average molecular weight is 403 g/mol. The van der Waals surface area contributed by atoms with Crippen molar-refractivity contribution in [2.24, 2.45) is 0 Å². The van der Waals surface area contributed by atoms with Crippen molar-refractivity contribution >= 4 is 17.6 Å². The fraction of sp³-hybridized carbons (Fsp3) is 0.333. The highest BCUT2D eigenvalue weighted by Gasteiger charge is 2.23. The van der Waals surface area contributed by atoms with Crippen LogP contribution in [0.4, 0.5) is 5.69 Å². The minimum atomic E-state index is -1.05. The molecule has 0 saturated heterocycles. The molecule has 0 unspecified atom stereocenters. The normalized spacial score (nSPS) is 11.2. The summed E-state index contributed by atoms with van der Waals surface area (Å²) in [6, 6.07) is 9.93. The maximum Gasteiger partial charge on any atom is 0.339 e. The maximum atomic E-state index is 12.5. The fourth-order valence-electron chi connectivity index (χ4n) is 2.57. The summed E-state index contributed by atoms with van der Waals surface area (Å²) in [6.45, 7) is 3.79. The average Bonchev–Trinajstić information content (AvgIpc) is 2.73. The van der Waals surface area contributed by atoms with Gasteiger partial charge in [0.05, 0.1) is 39.2 Å². The quantitative estimate of drug-likeness (QED) is 0.642. The predicted molar refractivity (Wildman–Crippen MR) is 107 cm³/mol. The van der Waals surface area contributed by atoms with Crippen LogP contribution in [-0.4, -0.2) is 45.9 Å². The molecular formula is C21H25NO7. The number of esters is 1. The molecule has 1 amide bonds. The first kappa shape index (κ1) is 21.9. The molecule has 0 heterocycles. The first-order valence-electron chi connectivity index (χ1n) is 8.98. The van der Waals surface area contributed by atoms with Crippen LogP contribution in [0.1, 0.15) is 24.2 Å². The molecule has 8 nitrogen and oxygen atoms in total. The number of methoxy groups -OCH3 is 3. The van der Waals surface area contributed by atoms with Crippen LogP contribution < -0.4 is 24.3 Å². The Morgan fingerprint density at radius 1 is 0.966 bits per heavy atom. The molecule has 2 rings (SSSR count). The Balaban J connectivity index is 2.13. The summed E-state index contributed by atoms with van der Waals surface area (Å²) < 4.78 is 26.5. The first-order chi connectivity index (χ1) is 13.9. The Kier molecular flexibility index (Phi) is 7.70. The SMILES string of the molecule is CCOc1ccccc1NC(=O)[C@H](C)OC(=O)c1cc(OC)c(OC)c(OC)c1. The number of rotatable bonds is 9. The molecule has 0 radical (unpaired) electrons. The Morgan fingerprint density at radius 3 is 2.14 bits per heavy atom. The second kappa shape index (κ2) is 10.2. The minimum Gasteiger partial charge on any atom is -0.493 e. The summed E-state index contributed by atoms with van der Waals surface area (Å²) >= 11 is 0. The van der Waals surface area contributed by atoms with Crippen molar-refractivity contribution in [2.75, 3.05) is 33.3 Å². The van der Waals surface area contributed by atoms with E-state index in [0.717, 1.165) is 0 Å². The number of para-hydroxylation sites is 2. The van der Waals surface area contributed by atoms with Gasteiger partial charge < -0.3 is 29.0 Å². The standard InChI is InChI=1S/C21H25NO7/c1-6-28-16-10-8-7-9-15(16)22-20(23)13(2)29-21(24)14-11-17(25-3)19(27-5)18(12-14)26-4/h7-13H,6H2,1-5H3,(H,22,23)/t13-/m0/s1. The van der Waals surface area contributed by atoms with E-state index in [2.05, 4.69) is 5.32 Å². The van der Waals surface area contributed by atoms with Crippen molar-refractivity contribution in [1.29, 1.82) is 0 Å². The zero-order chi connectivity index (χ0) is 21.4. The van der Waals surface area contributed by atoms with Gasteiger partial charge in [-0.15, -0.1) is 0 Å². The number of carbonyl (C=O) groups excluding carboxylic acids is 2. The summed E-state index contributed by atoms with van der Waals surface area (Å²) in [5.41, 5.74) is 0.656. The Morgan fingerprint density at radius 2 is 1.59 bits per heavy atom. The number of benzene rings is 2. The summed E-state index contributed by atoms with van der Waals surface area (Å²) in [5.74, 6) is 0.308. The molecule has 1 N–H and O–H groups in total. The number of hydrogen-bond acceptors (Lipinski definition) is 7. The molecule has 0 aliphatic rings.